The fourth-order valence-electron chi connectivity index (χ4n) is 2.93. The molecule has 1 aromatic heterocycles. The number of aromatic nitrogens is 2. The van der Waals surface area contributed by atoms with Gasteiger partial charge in [0.05, 0.1) is 0 Å². The number of hydrogen-bond donors (Lipinski definition) is 1. The molecular weight excluding hydrogens is 214 g/mol. The summed E-state index contributed by atoms with van der Waals surface area (Å²) in [6, 6.07) is 1.20. The van der Waals surface area contributed by atoms with Crippen LogP contribution in [0.5, 0.6) is 0 Å². The van der Waals surface area contributed by atoms with Crippen molar-refractivity contribution < 1.29 is 4.74 Å². The first-order valence-corrected chi connectivity index (χ1v) is 6.80. The van der Waals surface area contributed by atoms with Crippen molar-refractivity contribution in [2.45, 2.75) is 50.6 Å². The van der Waals surface area contributed by atoms with E-state index in [1.165, 1.54) is 25.7 Å². The predicted molar refractivity (Wildman–Crippen MR) is 67.2 cm³/mol. The number of hydrogen-bond acceptors (Lipinski definition) is 3. The minimum atomic E-state index is 0.534. The number of rotatable bonds is 3. The zero-order valence-electron chi connectivity index (χ0n) is 10.3. The van der Waals surface area contributed by atoms with Gasteiger partial charge in [0.15, 0.2) is 0 Å². The van der Waals surface area contributed by atoms with Crippen molar-refractivity contribution >= 4 is 5.95 Å². The van der Waals surface area contributed by atoms with Crippen molar-refractivity contribution in [3.8, 4) is 0 Å². The van der Waals surface area contributed by atoms with Crippen LogP contribution in [0, 0.1) is 0 Å². The molecule has 94 valence electrons. The van der Waals surface area contributed by atoms with E-state index in [4.69, 9.17) is 4.74 Å². The van der Waals surface area contributed by atoms with E-state index in [1.54, 1.807) is 0 Å². The van der Waals surface area contributed by atoms with Crippen molar-refractivity contribution in [3.05, 3.63) is 12.4 Å². The minimum absolute atomic E-state index is 0.534. The van der Waals surface area contributed by atoms with Gasteiger partial charge in [0.25, 0.3) is 0 Å². The van der Waals surface area contributed by atoms with Crippen molar-refractivity contribution in [2.24, 2.45) is 0 Å². The molecule has 2 heterocycles. The Balaban J connectivity index is 1.67. The molecule has 1 aromatic rings. The first-order chi connectivity index (χ1) is 8.43. The Bertz CT molecular complexity index is 351. The second kappa shape index (κ2) is 5.08. The molecule has 0 bridgehead atoms. The molecule has 3 rings (SSSR count). The summed E-state index contributed by atoms with van der Waals surface area (Å²) in [5.74, 6) is 1.06. The molecule has 2 fully saturated rings. The Morgan fingerprint density at radius 2 is 1.94 bits per heavy atom. The largest absolute Gasteiger partial charge is 0.381 e. The molecule has 0 atom stereocenters. The highest BCUT2D eigenvalue weighted by atomic mass is 16.5. The molecule has 4 heteroatoms. The maximum Gasteiger partial charge on any atom is 0.203 e. The molecule has 4 nitrogen and oxygen atoms in total. The summed E-state index contributed by atoms with van der Waals surface area (Å²) < 4.78 is 7.72. The Labute approximate surface area is 102 Å². The van der Waals surface area contributed by atoms with Gasteiger partial charge in [-0.1, -0.05) is 12.8 Å². The van der Waals surface area contributed by atoms with Crippen LogP contribution in [-0.2, 0) is 4.74 Å². The summed E-state index contributed by atoms with van der Waals surface area (Å²) in [4.78, 5) is 4.47. The third-order valence-electron chi connectivity index (χ3n) is 3.94. The highest BCUT2D eigenvalue weighted by Gasteiger charge is 2.21. The van der Waals surface area contributed by atoms with Crippen molar-refractivity contribution in [3.63, 3.8) is 0 Å². The quantitative estimate of drug-likeness (QED) is 0.875. The summed E-state index contributed by atoms with van der Waals surface area (Å²) >= 11 is 0. The van der Waals surface area contributed by atoms with Gasteiger partial charge in [-0.15, -0.1) is 0 Å². The second-order valence-corrected chi connectivity index (χ2v) is 5.13. The van der Waals surface area contributed by atoms with Gasteiger partial charge in [-0.05, 0) is 25.7 Å². The van der Waals surface area contributed by atoms with Crippen LogP contribution < -0.4 is 5.32 Å². The van der Waals surface area contributed by atoms with Gasteiger partial charge < -0.3 is 14.6 Å². The molecule has 1 N–H and O–H groups in total. The first kappa shape index (κ1) is 11.1. The van der Waals surface area contributed by atoms with Gasteiger partial charge in [0, 0.05) is 37.7 Å². The normalized spacial score (nSPS) is 23.1. The van der Waals surface area contributed by atoms with Crippen LogP contribution in [-0.4, -0.2) is 28.8 Å². The van der Waals surface area contributed by atoms with Crippen molar-refractivity contribution in [1.29, 1.82) is 0 Å². The predicted octanol–water partition coefficient (Wildman–Crippen LogP) is 2.59. The Kier molecular flexibility index (Phi) is 3.31. The van der Waals surface area contributed by atoms with E-state index < -0.39 is 0 Å². The van der Waals surface area contributed by atoms with Crippen LogP contribution in [0.15, 0.2) is 12.4 Å². The second-order valence-electron chi connectivity index (χ2n) is 5.13. The first-order valence-electron chi connectivity index (χ1n) is 6.80. The lowest BCUT2D eigenvalue weighted by atomic mass is 10.1. The van der Waals surface area contributed by atoms with Crippen molar-refractivity contribution in [2.75, 3.05) is 18.5 Å². The number of imidazole rings is 1. The van der Waals surface area contributed by atoms with Crippen LogP contribution in [0.3, 0.4) is 0 Å². The molecule has 1 saturated carbocycles. The zero-order valence-corrected chi connectivity index (χ0v) is 10.3. The lowest BCUT2D eigenvalue weighted by Crippen LogP contribution is -2.29. The summed E-state index contributed by atoms with van der Waals surface area (Å²) in [6.07, 6.45) is 11.6. The van der Waals surface area contributed by atoms with E-state index in [-0.39, 0.29) is 0 Å². The van der Waals surface area contributed by atoms with Crippen LogP contribution in [0.2, 0.25) is 0 Å². The van der Waals surface area contributed by atoms with Crippen LogP contribution in [0.4, 0.5) is 5.95 Å². The van der Waals surface area contributed by atoms with Gasteiger partial charge in [-0.25, -0.2) is 4.98 Å². The summed E-state index contributed by atoms with van der Waals surface area (Å²) in [7, 11) is 0. The molecule has 0 radical (unpaired) electrons. The molecule has 0 aromatic carbocycles. The number of anilines is 1. The highest BCUT2D eigenvalue weighted by Crippen LogP contribution is 2.31. The van der Waals surface area contributed by atoms with Crippen LogP contribution in [0.1, 0.15) is 44.6 Å². The van der Waals surface area contributed by atoms with Gasteiger partial charge in [-0.2, -0.15) is 0 Å². The monoisotopic (exact) mass is 235 g/mol. The number of nitrogens with one attached hydrogen (secondary N) is 1. The topological polar surface area (TPSA) is 39.1 Å². The average molecular weight is 235 g/mol. The van der Waals surface area contributed by atoms with Crippen molar-refractivity contribution in [1.82, 2.24) is 9.55 Å². The van der Waals surface area contributed by atoms with E-state index in [9.17, 15) is 0 Å². The lowest BCUT2D eigenvalue weighted by Gasteiger charge is -2.25. The SMILES string of the molecule is c1cn(C2CCCC2)c(NC2CCOCC2)n1. The van der Waals surface area contributed by atoms with E-state index in [1.807, 2.05) is 6.20 Å². The Morgan fingerprint density at radius 1 is 1.18 bits per heavy atom. The smallest absolute Gasteiger partial charge is 0.203 e. The van der Waals surface area contributed by atoms with E-state index in [2.05, 4.69) is 21.1 Å². The third-order valence-corrected chi connectivity index (χ3v) is 3.94. The Morgan fingerprint density at radius 3 is 2.71 bits per heavy atom. The third kappa shape index (κ3) is 2.46. The van der Waals surface area contributed by atoms with E-state index in [0.717, 1.165) is 32.0 Å². The minimum Gasteiger partial charge on any atom is -0.381 e. The van der Waals surface area contributed by atoms with Crippen LogP contribution in [0.25, 0.3) is 0 Å². The van der Waals surface area contributed by atoms with E-state index in [0.29, 0.717) is 12.1 Å². The molecule has 0 unspecified atom stereocenters. The van der Waals surface area contributed by atoms with Gasteiger partial charge >= 0.3 is 0 Å². The molecule has 1 aliphatic heterocycles. The fourth-order valence-corrected chi connectivity index (χ4v) is 2.93. The van der Waals surface area contributed by atoms with E-state index >= 15 is 0 Å². The highest BCUT2D eigenvalue weighted by molar-refractivity contribution is 5.28. The molecule has 0 amide bonds. The van der Waals surface area contributed by atoms with Gasteiger partial charge in [0.2, 0.25) is 5.95 Å². The van der Waals surface area contributed by atoms with Gasteiger partial charge in [-0.3, -0.25) is 0 Å². The molecule has 17 heavy (non-hydrogen) atoms. The summed E-state index contributed by atoms with van der Waals surface area (Å²) in [5, 5.41) is 3.58. The fraction of sp³-hybridized carbons (Fsp3) is 0.769. The molecule has 0 spiro atoms. The lowest BCUT2D eigenvalue weighted by molar-refractivity contribution is 0.0902. The van der Waals surface area contributed by atoms with Gasteiger partial charge in [0.1, 0.15) is 0 Å². The summed E-state index contributed by atoms with van der Waals surface area (Å²) in [5.41, 5.74) is 0. The maximum atomic E-state index is 5.38. The van der Waals surface area contributed by atoms with Crippen LogP contribution >= 0.6 is 0 Å². The maximum absolute atomic E-state index is 5.38. The molecule has 1 aliphatic carbocycles. The summed E-state index contributed by atoms with van der Waals surface area (Å²) in [6.45, 7) is 1.75. The number of nitrogens with zero attached hydrogens (tertiary/aromatic N) is 2. The molecule has 2 aliphatic rings. The molecular formula is C13H21N3O. The Hall–Kier alpha value is -1.03. The zero-order chi connectivity index (χ0) is 11.5. The molecule has 1 saturated heterocycles. The average Bonchev–Trinajstić information content (AvgIpc) is 3.00. The number of ether oxygens (including phenoxy) is 1. The standard InChI is InChI=1S/C13H21N3O/c1-2-4-12(3-1)16-8-7-14-13(16)15-11-5-9-17-10-6-11/h7-8,11-12H,1-6,9-10H2,(H,14,15).